The minimum atomic E-state index is -0.681. The van der Waals surface area contributed by atoms with Gasteiger partial charge < -0.3 is 4.42 Å². The van der Waals surface area contributed by atoms with Crippen molar-refractivity contribution in [2.45, 2.75) is 15.2 Å². The van der Waals surface area contributed by atoms with Gasteiger partial charge in [-0.3, -0.25) is 9.97 Å². The highest BCUT2D eigenvalue weighted by atomic mass is 32.2. The lowest BCUT2D eigenvalue weighted by Crippen LogP contribution is -2.35. The van der Waals surface area contributed by atoms with Crippen LogP contribution in [0, 0.1) is 0 Å². The Morgan fingerprint density at radius 3 is 2.03 bits per heavy atom. The van der Waals surface area contributed by atoms with Crippen molar-refractivity contribution in [1.82, 2.24) is 19.9 Å². The molecular weight excluding hydrogens is 741 g/mol. The van der Waals surface area contributed by atoms with Gasteiger partial charge in [0, 0.05) is 61.4 Å². The lowest BCUT2D eigenvalue weighted by molar-refractivity contribution is 0.659. The molecule has 0 fully saturated rings. The minimum Gasteiger partial charge on any atom is -0.456 e. The van der Waals surface area contributed by atoms with Crippen molar-refractivity contribution < 1.29 is 4.42 Å². The first-order valence-corrected chi connectivity index (χ1v) is 20.5. The van der Waals surface area contributed by atoms with E-state index >= 15 is 0 Å². The molecule has 0 saturated carbocycles. The number of para-hydroxylation sites is 1. The van der Waals surface area contributed by atoms with Gasteiger partial charge in [-0.05, 0) is 94.0 Å². The van der Waals surface area contributed by atoms with Crippen LogP contribution in [0.15, 0.2) is 197 Å². The molecule has 2 aliphatic rings. The topological polar surface area (TPSA) is 64.7 Å². The molecular formula is C53H32N4OS. The fourth-order valence-electron chi connectivity index (χ4n) is 9.02. The number of benzene rings is 6. The molecule has 1 aliphatic carbocycles. The van der Waals surface area contributed by atoms with Crippen molar-refractivity contribution >= 4 is 45.9 Å². The molecule has 1 aliphatic heterocycles. The molecule has 1 spiro atoms. The van der Waals surface area contributed by atoms with E-state index in [1.807, 2.05) is 72.7 Å². The number of aromatic nitrogens is 4. The van der Waals surface area contributed by atoms with Gasteiger partial charge in [-0.25, -0.2) is 9.97 Å². The van der Waals surface area contributed by atoms with E-state index in [1.165, 1.54) is 37.6 Å². The molecule has 5 heterocycles. The molecule has 276 valence electrons. The van der Waals surface area contributed by atoms with Crippen LogP contribution in [0.1, 0.15) is 33.4 Å². The quantitative estimate of drug-likeness (QED) is 0.177. The largest absolute Gasteiger partial charge is 0.456 e. The Labute approximate surface area is 344 Å². The summed E-state index contributed by atoms with van der Waals surface area (Å²) in [5.74, 6) is 0.610. The molecule has 0 N–H and O–H groups in total. The summed E-state index contributed by atoms with van der Waals surface area (Å²) in [5, 5.41) is 2.25. The zero-order valence-corrected chi connectivity index (χ0v) is 32.4. The lowest BCUT2D eigenvalue weighted by Gasteiger charge is -2.42. The van der Waals surface area contributed by atoms with Crippen molar-refractivity contribution in [1.29, 1.82) is 0 Å². The third-order valence-electron chi connectivity index (χ3n) is 11.7. The maximum Gasteiger partial charge on any atom is 0.161 e. The molecule has 6 heteroatoms. The van der Waals surface area contributed by atoms with Gasteiger partial charge in [0.25, 0.3) is 0 Å². The first-order valence-electron chi connectivity index (χ1n) is 19.7. The van der Waals surface area contributed by atoms with Crippen LogP contribution in [0.2, 0.25) is 0 Å². The Bertz CT molecular complexity index is 3300. The minimum absolute atomic E-state index is 0.610. The van der Waals surface area contributed by atoms with Gasteiger partial charge in [-0.1, -0.05) is 127 Å². The monoisotopic (exact) mass is 772 g/mol. The molecule has 4 aromatic heterocycles. The van der Waals surface area contributed by atoms with Gasteiger partial charge in [0.05, 0.1) is 22.5 Å². The predicted octanol–water partition coefficient (Wildman–Crippen LogP) is 13.2. The summed E-state index contributed by atoms with van der Waals surface area (Å²) in [6.45, 7) is 0. The molecule has 0 amide bonds. The number of furan rings is 1. The zero-order valence-electron chi connectivity index (χ0n) is 31.6. The number of hydrogen-bond acceptors (Lipinski definition) is 6. The van der Waals surface area contributed by atoms with E-state index in [0.717, 1.165) is 66.8 Å². The molecule has 1 atom stereocenters. The average Bonchev–Trinajstić information content (AvgIpc) is 3.60. The Morgan fingerprint density at radius 2 is 1.19 bits per heavy atom. The molecule has 12 rings (SSSR count). The fraction of sp³-hybridized carbons (Fsp3) is 0.0189. The van der Waals surface area contributed by atoms with E-state index in [2.05, 4.69) is 132 Å². The third-order valence-corrected chi connectivity index (χ3v) is 12.9. The van der Waals surface area contributed by atoms with Crippen LogP contribution in [0.5, 0.6) is 0 Å². The predicted molar refractivity (Wildman–Crippen MR) is 238 cm³/mol. The Balaban J connectivity index is 1.11. The van der Waals surface area contributed by atoms with E-state index in [-0.39, 0.29) is 0 Å². The van der Waals surface area contributed by atoms with Crippen molar-refractivity contribution in [3.63, 3.8) is 0 Å². The first-order chi connectivity index (χ1) is 29.2. The van der Waals surface area contributed by atoms with Crippen LogP contribution in [-0.4, -0.2) is 19.9 Å². The number of fused-ring (bicyclic) bond motifs is 11. The number of pyridine rings is 2. The average molecular weight is 773 g/mol. The molecule has 10 aromatic rings. The molecule has 1 unspecified atom stereocenters. The summed E-state index contributed by atoms with van der Waals surface area (Å²) in [7, 11) is 0. The fourth-order valence-corrected chi connectivity index (χ4v) is 10.2. The summed E-state index contributed by atoms with van der Waals surface area (Å²) < 4.78 is 6.63. The van der Waals surface area contributed by atoms with Gasteiger partial charge in [0.1, 0.15) is 11.2 Å². The van der Waals surface area contributed by atoms with E-state index < -0.39 is 5.41 Å². The highest BCUT2D eigenvalue weighted by molar-refractivity contribution is 7.99. The number of nitrogens with zero attached hydrogens (tertiary/aromatic N) is 4. The Kier molecular flexibility index (Phi) is 7.62. The van der Waals surface area contributed by atoms with E-state index in [1.54, 1.807) is 6.20 Å². The molecule has 5 nitrogen and oxygen atoms in total. The SMILES string of the molecule is C1=Cc2ccc(-c3cc(-c4ccccc4)nc(-c4ccc(-c5cccnc5)nc4)n3)cc2C2(c3ccccc31)c1ccccc1Sc1cc3c(cc12)oc1ccccc13. The lowest BCUT2D eigenvalue weighted by atomic mass is 9.63. The second kappa shape index (κ2) is 13.3. The summed E-state index contributed by atoms with van der Waals surface area (Å²) in [5.41, 5.74) is 14.6. The maximum atomic E-state index is 6.63. The third kappa shape index (κ3) is 5.34. The van der Waals surface area contributed by atoms with Crippen molar-refractivity contribution in [3.8, 4) is 45.2 Å². The van der Waals surface area contributed by atoms with Crippen LogP contribution < -0.4 is 0 Å². The summed E-state index contributed by atoms with van der Waals surface area (Å²) in [4.78, 5) is 22.0. The maximum absolute atomic E-state index is 6.63. The van der Waals surface area contributed by atoms with E-state index in [9.17, 15) is 0 Å². The smallest absolute Gasteiger partial charge is 0.161 e. The summed E-state index contributed by atoms with van der Waals surface area (Å²) in [6, 6.07) is 58.0. The van der Waals surface area contributed by atoms with Gasteiger partial charge in [-0.15, -0.1) is 0 Å². The van der Waals surface area contributed by atoms with Crippen LogP contribution in [-0.2, 0) is 5.41 Å². The number of rotatable bonds is 4. The number of hydrogen-bond donors (Lipinski definition) is 0. The molecule has 59 heavy (non-hydrogen) atoms. The van der Waals surface area contributed by atoms with Crippen molar-refractivity contribution in [2.75, 3.05) is 0 Å². The molecule has 0 saturated heterocycles. The molecule has 6 aromatic carbocycles. The normalized spacial score (nSPS) is 15.1. The highest BCUT2D eigenvalue weighted by Crippen LogP contribution is 2.59. The van der Waals surface area contributed by atoms with Gasteiger partial charge in [0.15, 0.2) is 5.82 Å². The van der Waals surface area contributed by atoms with Gasteiger partial charge in [0.2, 0.25) is 0 Å². The molecule has 0 bridgehead atoms. The second-order valence-electron chi connectivity index (χ2n) is 15.0. The first kappa shape index (κ1) is 33.7. The van der Waals surface area contributed by atoms with Gasteiger partial charge >= 0.3 is 0 Å². The van der Waals surface area contributed by atoms with Crippen LogP contribution >= 0.6 is 11.8 Å². The molecule has 0 radical (unpaired) electrons. The van der Waals surface area contributed by atoms with Crippen LogP contribution in [0.25, 0.3) is 79.3 Å². The highest BCUT2D eigenvalue weighted by Gasteiger charge is 2.47. The van der Waals surface area contributed by atoms with E-state index in [4.69, 9.17) is 19.4 Å². The zero-order chi connectivity index (χ0) is 38.9. The Hall–Kier alpha value is -7.41. The van der Waals surface area contributed by atoms with E-state index in [0.29, 0.717) is 5.82 Å². The van der Waals surface area contributed by atoms with Gasteiger partial charge in [-0.2, -0.15) is 0 Å². The summed E-state index contributed by atoms with van der Waals surface area (Å²) >= 11 is 1.84. The summed E-state index contributed by atoms with van der Waals surface area (Å²) in [6.07, 6.45) is 9.99. The Morgan fingerprint density at radius 1 is 0.441 bits per heavy atom. The standard InChI is InChI=1S/C53H32N4OS/c1-2-12-35(13-3-1)46-30-47(57-52(56-46)38-24-25-45(55-32-38)37-14-10-26-54-31-37)36-23-22-34-21-20-33-11-4-6-16-41(33)53(43(34)27-36)42-17-7-9-19-50(42)59-51-28-40-39-15-5-8-18-48(39)58-49(40)29-44(51)53/h1-32H. The van der Waals surface area contributed by atoms with Crippen molar-refractivity contribution in [3.05, 3.63) is 216 Å². The van der Waals surface area contributed by atoms with Crippen molar-refractivity contribution in [2.24, 2.45) is 0 Å². The van der Waals surface area contributed by atoms with Crippen LogP contribution in [0.3, 0.4) is 0 Å². The van der Waals surface area contributed by atoms with Crippen LogP contribution in [0.4, 0.5) is 0 Å². The second-order valence-corrected chi connectivity index (χ2v) is 16.1.